The van der Waals surface area contributed by atoms with E-state index in [1.54, 1.807) is 54.6 Å². The van der Waals surface area contributed by atoms with E-state index >= 15 is 0 Å². The molecule has 3 aromatic carbocycles. The monoisotopic (exact) mass is 403 g/mol. The van der Waals surface area contributed by atoms with Gasteiger partial charge in [-0.15, -0.1) is 0 Å². The molecule has 1 N–H and O–H groups in total. The maximum atomic E-state index is 13.1. The summed E-state index contributed by atoms with van der Waals surface area (Å²) in [6.45, 7) is 2.40. The van der Waals surface area contributed by atoms with Gasteiger partial charge in [0.25, 0.3) is 11.8 Å². The van der Waals surface area contributed by atoms with Crippen molar-refractivity contribution in [2.24, 2.45) is 0 Å². The minimum Gasteiger partial charge on any atom is -0.494 e. The molecule has 7 heteroatoms. The summed E-state index contributed by atoms with van der Waals surface area (Å²) in [5.74, 6) is 0.564. The van der Waals surface area contributed by atoms with Gasteiger partial charge < -0.3 is 14.6 Å². The van der Waals surface area contributed by atoms with E-state index in [-0.39, 0.29) is 17.6 Å². The SMILES string of the molecule is CCOc1cccc(C(=O)Nc2ccccc2-c2nc(-c3ccc(F)cc3)no2)c1. The third-order valence-electron chi connectivity index (χ3n) is 4.34. The topological polar surface area (TPSA) is 77.2 Å². The minimum atomic E-state index is -0.344. The highest BCUT2D eigenvalue weighted by molar-refractivity contribution is 6.06. The fourth-order valence-corrected chi connectivity index (χ4v) is 2.92. The zero-order valence-electron chi connectivity index (χ0n) is 16.1. The van der Waals surface area contributed by atoms with Crippen molar-refractivity contribution in [2.45, 2.75) is 6.92 Å². The number of ether oxygens (including phenoxy) is 1. The molecule has 150 valence electrons. The molecule has 30 heavy (non-hydrogen) atoms. The summed E-state index contributed by atoms with van der Waals surface area (Å²) < 4.78 is 24.0. The van der Waals surface area contributed by atoms with Crippen LogP contribution in [0, 0.1) is 5.82 Å². The minimum absolute atomic E-state index is 0.244. The first-order chi connectivity index (χ1) is 14.6. The van der Waals surface area contributed by atoms with E-state index in [4.69, 9.17) is 9.26 Å². The number of carbonyl (C=O) groups excluding carboxylic acids is 1. The van der Waals surface area contributed by atoms with Crippen molar-refractivity contribution in [1.82, 2.24) is 10.1 Å². The lowest BCUT2D eigenvalue weighted by atomic mass is 10.1. The summed E-state index contributed by atoms with van der Waals surface area (Å²) >= 11 is 0. The third kappa shape index (κ3) is 4.20. The second-order valence-corrected chi connectivity index (χ2v) is 6.39. The Balaban J connectivity index is 1.60. The van der Waals surface area contributed by atoms with Gasteiger partial charge in [0.2, 0.25) is 5.82 Å². The Hall–Kier alpha value is -4.00. The number of para-hydroxylation sites is 1. The zero-order chi connectivity index (χ0) is 20.9. The van der Waals surface area contributed by atoms with Crippen LogP contribution in [0.25, 0.3) is 22.8 Å². The van der Waals surface area contributed by atoms with Crippen molar-refractivity contribution in [1.29, 1.82) is 0 Å². The molecule has 0 aliphatic carbocycles. The number of amides is 1. The fraction of sp³-hybridized carbons (Fsp3) is 0.0870. The predicted molar refractivity (Wildman–Crippen MR) is 111 cm³/mol. The van der Waals surface area contributed by atoms with E-state index in [0.29, 0.717) is 40.6 Å². The molecule has 0 spiro atoms. The normalized spacial score (nSPS) is 10.6. The highest BCUT2D eigenvalue weighted by Gasteiger charge is 2.16. The highest BCUT2D eigenvalue weighted by atomic mass is 19.1. The van der Waals surface area contributed by atoms with Crippen LogP contribution in [0.3, 0.4) is 0 Å². The molecule has 1 aromatic heterocycles. The number of hydrogen-bond acceptors (Lipinski definition) is 5. The average molecular weight is 403 g/mol. The standard InChI is InChI=1S/C23H18FN3O3/c1-2-29-18-7-5-6-16(14-18)22(28)25-20-9-4-3-8-19(20)23-26-21(27-30-23)15-10-12-17(24)13-11-15/h3-14H,2H2,1H3,(H,25,28). The molecule has 0 aliphatic rings. The van der Waals surface area contributed by atoms with E-state index in [9.17, 15) is 9.18 Å². The van der Waals surface area contributed by atoms with Crippen LogP contribution in [0.15, 0.2) is 77.3 Å². The van der Waals surface area contributed by atoms with Crippen molar-refractivity contribution < 1.29 is 18.4 Å². The average Bonchev–Trinajstić information content (AvgIpc) is 3.25. The summed E-state index contributed by atoms with van der Waals surface area (Å²) in [5.41, 5.74) is 2.19. The summed E-state index contributed by atoms with van der Waals surface area (Å²) in [4.78, 5) is 17.1. The van der Waals surface area contributed by atoms with Gasteiger partial charge in [0.1, 0.15) is 11.6 Å². The molecule has 6 nitrogen and oxygen atoms in total. The summed E-state index contributed by atoms with van der Waals surface area (Å²) in [5, 5.41) is 6.84. The number of nitrogens with zero attached hydrogens (tertiary/aromatic N) is 2. The third-order valence-corrected chi connectivity index (χ3v) is 4.34. The van der Waals surface area contributed by atoms with Gasteiger partial charge in [-0.25, -0.2) is 4.39 Å². The summed E-state index contributed by atoms with van der Waals surface area (Å²) in [6, 6.07) is 19.9. The fourth-order valence-electron chi connectivity index (χ4n) is 2.92. The second-order valence-electron chi connectivity index (χ2n) is 6.39. The van der Waals surface area contributed by atoms with Gasteiger partial charge in [0, 0.05) is 11.1 Å². The Morgan fingerprint density at radius 2 is 1.87 bits per heavy atom. The molecular formula is C23H18FN3O3. The molecule has 0 unspecified atom stereocenters. The Morgan fingerprint density at radius 1 is 1.07 bits per heavy atom. The van der Waals surface area contributed by atoms with Crippen LogP contribution in [0.2, 0.25) is 0 Å². The van der Waals surface area contributed by atoms with Crippen LogP contribution in [0.5, 0.6) is 5.75 Å². The first kappa shape index (κ1) is 19.3. The second kappa shape index (κ2) is 8.57. The lowest BCUT2D eigenvalue weighted by Crippen LogP contribution is -2.12. The number of nitrogens with one attached hydrogen (secondary N) is 1. The molecule has 4 rings (SSSR count). The van der Waals surface area contributed by atoms with Gasteiger partial charge in [-0.3, -0.25) is 4.79 Å². The Labute approximate surface area is 172 Å². The number of anilines is 1. The molecule has 1 amide bonds. The summed E-state index contributed by atoms with van der Waals surface area (Å²) in [7, 11) is 0. The van der Waals surface area contributed by atoms with Crippen molar-refractivity contribution in [2.75, 3.05) is 11.9 Å². The van der Waals surface area contributed by atoms with Gasteiger partial charge in [0.05, 0.1) is 17.9 Å². The lowest BCUT2D eigenvalue weighted by Gasteiger charge is -2.09. The van der Waals surface area contributed by atoms with Crippen LogP contribution < -0.4 is 10.1 Å². The van der Waals surface area contributed by atoms with E-state index in [2.05, 4.69) is 15.5 Å². The molecule has 0 saturated heterocycles. The number of rotatable bonds is 6. The van der Waals surface area contributed by atoms with Gasteiger partial charge >= 0.3 is 0 Å². The molecule has 1 heterocycles. The Morgan fingerprint density at radius 3 is 2.67 bits per heavy atom. The van der Waals surface area contributed by atoms with Crippen LogP contribution in [-0.4, -0.2) is 22.7 Å². The van der Waals surface area contributed by atoms with Gasteiger partial charge in [-0.2, -0.15) is 4.98 Å². The molecule has 0 fully saturated rings. The van der Waals surface area contributed by atoms with Crippen LogP contribution in [0.1, 0.15) is 17.3 Å². The number of benzene rings is 3. The van der Waals surface area contributed by atoms with Crippen molar-refractivity contribution in [3.63, 3.8) is 0 Å². The highest BCUT2D eigenvalue weighted by Crippen LogP contribution is 2.29. The molecule has 0 aliphatic heterocycles. The molecule has 4 aromatic rings. The quantitative estimate of drug-likeness (QED) is 0.479. The zero-order valence-corrected chi connectivity index (χ0v) is 16.1. The van der Waals surface area contributed by atoms with E-state index in [1.807, 2.05) is 13.0 Å². The first-order valence-electron chi connectivity index (χ1n) is 9.37. The van der Waals surface area contributed by atoms with Gasteiger partial charge in [-0.05, 0) is 61.5 Å². The maximum absolute atomic E-state index is 13.1. The van der Waals surface area contributed by atoms with E-state index in [0.717, 1.165) is 0 Å². The Bertz CT molecular complexity index is 1170. The van der Waals surface area contributed by atoms with Crippen LogP contribution >= 0.6 is 0 Å². The largest absolute Gasteiger partial charge is 0.494 e. The van der Waals surface area contributed by atoms with Crippen molar-refractivity contribution >= 4 is 11.6 Å². The van der Waals surface area contributed by atoms with Crippen molar-refractivity contribution in [3.05, 3.63) is 84.2 Å². The smallest absolute Gasteiger partial charge is 0.260 e. The molecule has 0 saturated carbocycles. The predicted octanol–water partition coefficient (Wildman–Crippen LogP) is 5.19. The van der Waals surface area contributed by atoms with Gasteiger partial charge in [-0.1, -0.05) is 23.4 Å². The van der Waals surface area contributed by atoms with Gasteiger partial charge in [0.15, 0.2) is 0 Å². The first-order valence-corrected chi connectivity index (χ1v) is 9.37. The molecular weight excluding hydrogens is 385 g/mol. The molecule has 0 atom stereocenters. The Kier molecular flexibility index (Phi) is 5.52. The summed E-state index contributed by atoms with van der Waals surface area (Å²) in [6.07, 6.45) is 0. The lowest BCUT2D eigenvalue weighted by molar-refractivity contribution is 0.102. The maximum Gasteiger partial charge on any atom is 0.260 e. The van der Waals surface area contributed by atoms with Crippen LogP contribution in [0.4, 0.5) is 10.1 Å². The molecule has 0 bridgehead atoms. The van der Waals surface area contributed by atoms with Crippen molar-refractivity contribution in [3.8, 4) is 28.6 Å². The number of aromatic nitrogens is 2. The molecule has 0 radical (unpaired) electrons. The van der Waals surface area contributed by atoms with E-state index in [1.165, 1.54) is 12.1 Å². The van der Waals surface area contributed by atoms with E-state index < -0.39 is 0 Å². The number of halogens is 1. The number of hydrogen-bond donors (Lipinski definition) is 1. The number of carbonyl (C=O) groups is 1. The van der Waals surface area contributed by atoms with Crippen LogP contribution in [-0.2, 0) is 0 Å².